The van der Waals surface area contributed by atoms with Crippen molar-refractivity contribution in [1.29, 1.82) is 0 Å². The zero-order valence-electron chi connectivity index (χ0n) is 13.6. The molecule has 0 aromatic carbocycles. The lowest BCUT2D eigenvalue weighted by Crippen LogP contribution is -2.43. The van der Waals surface area contributed by atoms with Crippen molar-refractivity contribution in [2.75, 3.05) is 12.8 Å². The molecule has 2 N–H and O–H groups in total. The average Bonchev–Trinajstić information content (AvgIpc) is 2.97. The maximum absolute atomic E-state index is 11.8. The van der Waals surface area contributed by atoms with Gasteiger partial charge >= 0.3 is 0 Å². The van der Waals surface area contributed by atoms with Crippen LogP contribution in [0.5, 0.6) is 0 Å². The van der Waals surface area contributed by atoms with E-state index in [1.165, 1.54) is 0 Å². The first-order valence-electron chi connectivity index (χ1n) is 8.08. The molecule has 0 bridgehead atoms. The van der Waals surface area contributed by atoms with E-state index in [9.17, 15) is 13.2 Å². The molecule has 130 valence electrons. The highest BCUT2D eigenvalue weighted by Gasteiger charge is 2.24. The van der Waals surface area contributed by atoms with Crippen molar-refractivity contribution in [2.24, 2.45) is 0 Å². The van der Waals surface area contributed by atoms with Gasteiger partial charge in [-0.2, -0.15) is 0 Å². The maximum atomic E-state index is 11.8. The Morgan fingerprint density at radius 2 is 2.04 bits per heavy atom. The van der Waals surface area contributed by atoms with Crippen molar-refractivity contribution < 1.29 is 13.2 Å². The van der Waals surface area contributed by atoms with Crippen LogP contribution in [0.1, 0.15) is 31.7 Å². The monoisotopic (exact) mass is 350 g/mol. The number of nitrogens with one attached hydrogen (secondary N) is 2. The zero-order chi connectivity index (χ0) is 17.2. The van der Waals surface area contributed by atoms with E-state index >= 15 is 0 Å². The Morgan fingerprint density at radius 3 is 2.75 bits per heavy atom. The van der Waals surface area contributed by atoms with E-state index in [2.05, 4.69) is 37.9 Å². The maximum Gasteiger partial charge on any atom is 0.235 e. The Kier molecular flexibility index (Phi) is 4.86. The predicted octanol–water partition coefficient (Wildman–Crippen LogP) is 1.19. The van der Waals surface area contributed by atoms with Crippen LogP contribution in [-0.2, 0) is 14.8 Å². The number of hydrogen-bond donors (Lipinski definition) is 2. The Bertz CT molecular complexity index is 823. The molecule has 1 amide bonds. The molecule has 8 heteroatoms. The zero-order valence-corrected chi connectivity index (χ0v) is 14.4. The molecule has 3 rings (SSSR count). The molecule has 2 aromatic rings. The fourth-order valence-electron chi connectivity index (χ4n) is 3.25. The molecule has 7 nitrogen and oxygen atoms in total. The normalized spacial score (nSPS) is 21.7. The number of amides is 1. The van der Waals surface area contributed by atoms with Gasteiger partial charge < -0.3 is 9.88 Å². The standard InChI is InChI=1S/C16H22N4O3S/c1-24(22,23)18-11-15(21)19-13-4-6-14(7-5-13)20-10-8-12-3-2-9-17-16(12)20/h2-3,8-10,13-14,18H,4-7,11H2,1H3,(H,19,21). The third-order valence-corrected chi connectivity index (χ3v) is 5.09. The van der Waals surface area contributed by atoms with Crippen LogP contribution in [0, 0.1) is 0 Å². The van der Waals surface area contributed by atoms with Gasteiger partial charge in [-0.05, 0) is 43.9 Å². The van der Waals surface area contributed by atoms with E-state index < -0.39 is 10.0 Å². The molecule has 0 unspecified atom stereocenters. The molecule has 24 heavy (non-hydrogen) atoms. The van der Waals surface area contributed by atoms with E-state index in [1.807, 2.05) is 6.07 Å². The molecule has 0 saturated heterocycles. The number of nitrogens with zero attached hydrogens (tertiary/aromatic N) is 2. The van der Waals surface area contributed by atoms with E-state index in [0.717, 1.165) is 43.0 Å². The van der Waals surface area contributed by atoms with Gasteiger partial charge in [-0.25, -0.2) is 18.1 Å². The van der Waals surface area contributed by atoms with E-state index in [1.54, 1.807) is 6.20 Å². The quantitative estimate of drug-likeness (QED) is 0.847. The van der Waals surface area contributed by atoms with Gasteiger partial charge in [0.25, 0.3) is 0 Å². The highest BCUT2D eigenvalue weighted by atomic mass is 32.2. The van der Waals surface area contributed by atoms with Crippen molar-refractivity contribution in [3.05, 3.63) is 30.6 Å². The first-order chi connectivity index (χ1) is 11.4. The van der Waals surface area contributed by atoms with Crippen LogP contribution in [-0.4, -0.2) is 42.7 Å². The molecule has 1 aliphatic carbocycles. The van der Waals surface area contributed by atoms with Crippen molar-refractivity contribution in [3.8, 4) is 0 Å². The number of pyridine rings is 1. The Labute approximate surface area is 141 Å². The minimum Gasteiger partial charge on any atom is -0.352 e. The summed E-state index contributed by atoms with van der Waals surface area (Å²) in [7, 11) is -3.34. The number of sulfonamides is 1. The minimum absolute atomic E-state index is 0.102. The summed E-state index contributed by atoms with van der Waals surface area (Å²) in [4.78, 5) is 16.2. The Hall–Kier alpha value is -1.93. The van der Waals surface area contributed by atoms with E-state index in [-0.39, 0.29) is 18.5 Å². The topological polar surface area (TPSA) is 93.1 Å². The van der Waals surface area contributed by atoms with Crippen LogP contribution in [0.15, 0.2) is 30.6 Å². The second kappa shape index (κ2) is 6.90. The molecule has 0 spiro atoms. The molecule has 1 saturated carbocycles. The fourth-order valence-corrected chi connectivity index (χ4v) is 3.65. The van der Waals surface area contributed by atoms with Gasteiger partial charge in [-0.3, -0.25) is 4.79 Å². The molecular weight excluding hydrogens is 328 g/mol. The van der Waals surface area contributed by atoms with Crippen LogP contribution in [0.3, 0.4) is 0 Å². The number of hydrogen-bond acceptors (Lipinski definition) is 4. The van der Waals surface area contributed by atoms with Gasteiger partial charge in [0.2, 0.25) is 15.9 Å². The van der Waals surface area contributed by atoms with Gasteiger partial charge in [-0.15, -0.1) is 0 Å². The lowest BCUT2D eigenvalue weighted by Gasteiger charge is -2.30. The summed E-state index contributed by atoms with van der Waals surface area (Å²) in [5.74, 6) is -0.281. The number of aromatic nitrogens is 2. The highest BCUT2D eigenvalue weighted by Crippen LogP contribution is 2.31. The minimum atomic E-state index is -3.34. The molecule has 2 aromatic heterocycles. The lowest BCUT2D eigenvalue weighted by molar-refractivity contribution is -0.120. The molecule has 0 radical (unpaired) electrons. The summed E-state index contributed by atoms with van der Waals surface area (Å²) < 4.78 is 26.5. The van der Waals surface area contributed by atoms with Crippen molar-refractivity contribution in [3.63, 3.8) is 0 Å². The van der Waals surface area contributed by atoms with Crippen molar-refractivity contribution in [1.82, 2.24) is 19.6 Å². The Balaban J connectivity index is 1.53. The van der Waals surface area contributed by atoms with E-state index in [4.69, 9.17) is 0 Å². The predicted molar refractivity (Wildman–Crippen MR) is 92.0 cm³/mol. The number of carbonyl (C=O) groups excluding carboxylic acids is 1. The first-order valence-corrected chi connectivity index (χ1v) is 9.97. The summed E-state index contributed by atoms with van der Waals surface area (Å²) >= 11 is 0. The molecule has 1 aliphatic rings. The fraction of sp³-hybridized carbons (Fsp3) is 0.500. The lowest BCUT2D eigenvalue weighted by atomic mass is 9.91. The number of rotatable bonds is 5. The van der Waals surface area contributed by atoms with Crippen LogP contribution in [0.25, 0.3) is 11.0 Å². The SMILES string of the molecule is CS(=O)(=O)NCC(=O)NC1CCC(n2ccc3cccnc32)CC1. The van der Waals surface area contributed by atoms with Gasteiger partial charge in [0.05, 0.1) is 12.8 Å². The average molecular weight is 350 g/mol. The summed E-state index contributed by atoms with van der Waals surface area (Å²) in [6.07, 6.45) is 8.61. The third-order valence-electron chi connectivity index (χ3n) is 4.43. The van der Waals surface area contributed by atoms with Gasteiger partial charge in [0, 0.05) is 29.9 Å². The molecule has 0 aliphatic heterocycles. The van der Waals surface area contributed by atoms with Gasteiger partial charge in [0.1, 0.15) is 5.65 Å². The van der Waals surface area contributed by atoms with Gasteiger partial charge in [0.15, 0.2) is 0 Å². The molecule has 1 fully saturated rings. The Morgan fingerprint density at radius 1 is 1.29 bits per heavy atom. The van der Waals surface area contributed by atoms with Crippen LogP contribution < -0.4 is 10.0 Å². The number of carbonyl (C=O) groups is 1. The smallest absolute Gasteiger partial charge is 0.235 e. The van der Waals surface area contributed by atoms with Crippen molar-refractivity contribution in [2.45, 2.75) is 37.8 Å². The van der Waals surface area contributed by atoms with Crippen LogP contribution in [0.4, 0.5) is 0 Å². The second-order valence-electron chi connectivity index (χ2n) is 6.31. The van der Waals surface area contributed by atoms with Crippen molar-refractivity contribution >= 4 is 27.0 Å². The van der Waals surface area contributed by atoms with Gasteiger partial charge in [-0.1, -0.05) is 0 Å². The second-order valence-corrected chi connectivity index (χ2v) is 8.14. The number of fused-ring (bicyclic) bond motifs is 1. The van der Waals surface area contributed by atoms with Crippen LogP contribution in [0.2, 0.25) is 0 Å². The van der Waals surface area contributed by atoms with E-state index in [0.29, 0.717) is 6.04 Å². The van der Waals surface area contributed by atoms with Crippen LogP contribution >= 0.6 is 0 Å². The summed E-state index contributed by atoms with van der Waals surface area (Å²) in [6.45, 7) is -0.203. The molecule has 0 atom stereocenters. The highest BCUT2D eigenvalue weighted by molar-refractivity contribution is 7.88. The summed E-state index contributed by atoms with van der Waals surface area (Å²) in [5.41, 5.74) is 1.00. The summed E-state index contributed by atoms with van der Waals surface area (Å²) in [6, 6.07) is 6.56. The molecular formula is C16H22N4O3S. The first kappa shape index (κ1) is 16.9. The summed E-state index contributed by atoms with van der Waals surface area (Å²) in [5, 5.41) is 4.04. The third kappa shape index (κ3) is 4.12. The largest absolute Gasteiger partial charge is 0.352 e. The molecule has 2 heterocycles.